The monoisotopic (exact) mass is 345 g/mol. The predicted octanol–water partition coefficient (Wildman–Crippen LogP) is 3.36. The Morgan fingerprint density at radius 1 is 1.21 bits per heavy atom. The molecule has 0 aromatic heterocycles. The van der Waals surface area contributed by atoms with E-state index in [1.807, 2.05) is 36.4 Å². The van der Waals surface area contributed by atoms with E-state index in [2.05, 4.69) is 10.5 Å². The van der Waals surface area contributed by atoms with Crippen molar-refractivity contribution in [1.82, 2.24) is 5.43 Å². The molecule has 0 aliphatic carbocycles. The lowest BCUT2D eigenvalue weighted by Gasteiger charge is -2.27. The van der Waals surface area contributed by atoms with Crippen LogP contribution < -0.4 is 5.43 Å². The fraction of sp³-hybridized carbons (Fsp3) is 0.176. The van der Waals surface area contributed by atoms with Gasteiger partial charge in [-0.1, -0.05) is 42.1 Å². The first kappa shape index (κ1) is 16.4. The zero-order chi connectivity index (χ0) is 17.0. The van der Waals surface area contributed by atoms with Crippen LogP contribution in [0.5, 0.6) is 0 Å². The lowest BCUT2D eigenvalue weighted by molar-refractivity contribution is 0.129. The minimum absolute atomic E-state index is 0.0690. The van der Waals surface area contributed by atoms with E-state index >= 15 is 0 Å². The molecule has 2 aromatic carbocycles. The third kappa shape index (κ3) is 3.25. The second-order valence-electron chi connectivity index (χ2n) is 5.10. The van der Waals surface area contributed by atoms with Gasteiger partial charge < -0.3 is 4.74 Å². The Bertz CT molecular complexity index is 807. The molecule has 0 bridgehead atoms. The van der Waals surface area contributed by atoms with E-state index < -0.39 is 16.5 Å². The van der Waals surface area contributed by atoms with Gasteiger partial charge in [-0.2, -0.15) is 10.4 Å². The van der Waals surface area contributed by atoms with E-state index in [-0.39, 0.29) is 18.8 Å². The number of nitriles is 1. The van der Waals surface area contributed by atoms with Crippen LogP contribution in [0.2, 0.25) is 0 Å². The second kappa shape index (κ2) is 6.99. The number of nitrogens with one attached hydrogen (secondary N) is 1. The Morgan fingerprint density at radius 3 is 2.75 bits per heavy atom. The Morgan fingerprint density at radius 2 is 2.00 bits per heavy atom. The quantitative estimate of drug-likeness (QED) is 0.845. The minimum atomic E-state index is -0.799. The van der Waals surface area contributed by atoms with Gasteiger partial charge in [0.25, 0.3) is 0 Å². The molecule has 1 atom stereocenters. The molecule has 0 saturated carbocycles. The number of hydrazone groups is 1. The lowest BCUT2D eigenvalue weighted by atomic mass is 10.1. The van der Waals surface area contributed by atoms with Crippen LogP contribution >= 0.6 is 11.8 Å². The van der Waals surface area contributed by atoms with E-state index in [9.17, 15) is 8.78 Å². The number of benzene rings is 2. The topological polar surface area (TPSA) is 57.4 Å². The third-order valence-corrected chi connectivity index (χ3v) is 4.78. The predicted molar refractivity (Wildman–Crippen MR) is 88.2 cm³/mol. The summed E-state index contributed by atoms with van der Waals surface area (Å²) in [6.07, 6.45) is 0. The van der Waals surface area contributed by atoms with Crippen LogP contribution in [0.15, 0.2) is 53.6 Å². The summed E-state index contributed by atoms with van der Waals surface area (Å²) >= 11 is 1.24. The first-order valence-corrected chi connectivity index (χ1v) is 7.96. The first-order chi connectivity index (χ1) is 11.6. The summed E-state index contributed by atoms with van der Waals surface area (Å²) in [7, 11) is 0. The average molecular weight is 345 g/mol. The van der Waals surface area contributed by atoms with Gasteiger partial charge in [0.2, 0.25) is 0 Å². The number of hydrogen-bond donors (Lipinski definition) is 1. The van der Waals surface area contributed by atoms with Gasteiger partial charge in [-0.05, 0) is 23.8 Å². The Labute approximate surface area is 142 Å². The molecule has 1 unspecified atom stereocenters. The van der Waals surface area contributed by atoms with Crippen LogP contribution in [0.3, 0.4) is 0 Å². The number of hydrogen-bond acceptors (Lipinski definition) is 5. The fourth-order valence-electron chi connectivity index (χ4n) is 2.34. The maximum atomic E-state index is 14.0. The molecular formula is C17H13F2N3OS. The van der Waals surface area contributed by atoms with Gasteiger partial charge in [-0.15, -0.1) is 0 Å². The molecular weight excluding hydrogens is 332 g/mol. The number of halogens is 2. The average Bonchev–Trinajstić information content (AvgIpc) is 3.04. The molecule has 0 spiro atoms. The highest BCUT2D eigenvalue weighted by molar-refractivity contribution is 8.15. The van der Waals surface area contributed by atoms with Gasteiger partial charge in [0.1, 0.15) is 23.3 Å². The van der Waals surface area contributed by atoms with Gasteiger partial charge in [-0.25, -0.2) is 8.78 Å². The first-order valence-electron chi connectivity index (χ1n) is 7.14. The van der Waals surface area contributed by atoms with E-state index in [1.165, 1.54) is 11.8 Å². The SMILES string of the molecule is N#CCOCC1(c2ccccc2)NN=C(c2cc(F)ccc2F)S1. The van der Waals surface area contributed by atoms with Crippen LogP contribution in [0, 0.1) is 23.0 Å². The highest BCUT2D eigenvalue weighted by Crippen LogP contribution is 2.41. The summed E-state index contributed by atoms with van der Waals surface area (Å²) in [4.78, 5) is -0.799. The molecule has 0 radical (unpaired) electrons. The molecule has 3 rings (SSSR count). The van der Waals surface area contributed by atoms with E-state index in [0.29, 0.717) is 5.04 Å². The smallest absolute Gasteiger partial charge is 0.154 e. The molecule has 0 fully saturated rings. The molecule has 1 heterocycles. The summed E-state index contributed by atoms with van der Waals surface area (Å²) in [5, 5.41) is 13.2. The van der Waals surface area contributed by atoms with Gasteiger partial charge in [0.05, 0.1) is 12.7 Å². The van der Waals surface area contributed by atoms with Crippen LogP contribution in [-0.2, 0) is 9.61 Å². The summed E-state index contributed by atoms with van der Waals surface area (Å²) in [5.41, 5.74) is 3.92. The van der Waals surface area contributed by atoms with Gasteiger partial charge in [0, 0.05) is 5.56 Å². The number of nitrogens with zero attached hydrogens (tertiary/aromatic N) is 2. The lowest BCUT2D eigenvalue weighted by Crippen LogP contribution is -2.37. The number of rotatable bonds is 5. The molecule has 0 amide bonds. The Hall–Kier alpha value is -2.43. The molecule has 1 aliphatic heterocycles. The highest BCUT2D eigenvalue weighted by Gasteiger charge is 2.40. The van der Waals surface area contributed by atoms with Gasteiger partial charge in [0.15, 0.2) is 4.87 Å². The van der Waals surface area contributed by atoms with Crippen molar-refractivity contribution in [2.75, 3.05) is 13.2 Å². The molecule has 7 heteroatoms. The normalized spacial score (nSPS) is 19.5. The Balaban J connectivity index is 1.91. The highest BCUT2D eigenvalue weighted by atomic mass is 32.2. The van der Waals surface area contributed by atoms with E-state index in [1.54, 1.807) is 0 Å². The van der Waals surface area contributed by atoms with E-state index in [0.717, 1.165) is 23.8 Å². The van der Waals surface area contributed by atoms with Crippen LogP contribution in [0.25, 0.3) is 0 Å². The number of ether oxygens (including phenoxy) is 1. The van der Waals surface area contributed by atoms with Crippen LogP contribution in [-0.4, -0.2) is 18.3 Å². The third-order valence-electron chi connectivity index (χ3n) is 3.48. The van der Waals surface area contributed by atoms with Crippen molar-refractivity contribution in [3.63, 3.8) is 0 Å². The van der Waals surface area contributed by atoms with Gasteiger partial charge >= 0.3 is 0 Å². The molecule has 1 N–H and O–H groups in total. The summed E-state index contributed by atoms with van der Waals surface area (Å²) in [5.74, 6) is -1.08. The zero-order valence-corrected chi connectivity index (χ0v) is 13.3. The molecule has 2 aromatic rings. The molecule has 122 valence electrons. The van der Waals surface area contributed by atoms with Crippen molar-refractivity contribution < 1.29 is 13.5 Å². The fourth-order valence-corrected chi connectivity index (χ4v) is 3.52. The van der Waals surface area contributed by atoms with E-state index in [4.69, 9.17) is 10.00 Å². The largest absolute Gasteiger partial charge is 0.363 e. The van der Waals surface area contributed by atoms with Crippen molar-refractivity contribution in [1.29, 1.82) is 5.26 Å². The van der Waals surface area contributed by atoms with Crippen molar-refractivity contribution in [2.24, 2.45) is 5.10 Å². The minimum Gasteiger partial charge on any atom is -0.363 e. The summed E-state index contributed by atoms with van der Waals surface area (Å²) in [6.45, 7) is 0.0830. The van der Waals surface area contributed by atoms with Crippen molar-refractivity contribution in [3.8, 4) is 6.07 Å². The summed E-state index contributed by atoms with van der Waals surface area (Å²) < 4.78 is 32.8. The zero-order valence-electron chi connectivity index (χ0n) is 12.5. The van der Waals surface area contributed by atoms with Crippen molar-refractivity contribution in [2.45, 2.75) is 4.87 Å². The maximum Gasteiger partial charge on any atom is 0.154 e. The van der Waals surface area contributed by atoms with Crippen LogP contribution in [0.1, 0.15) is 11.1 Å². The Kier molecular flexibility index (Phi) is 4.79. The maximum absolute atomic E-state index is 14.0. The van der Waals surface area contributed by atoms with Crippen LogP contribution in [0.4, 0.5) is 8.78 Å². The molecule has 1 aliphatic rings. The van der Waals surface area contributed by atoms with Gasteiger partial charge in [-0.3, -0.25) is 5.43 Å². The number of thioether (sulfide) groups is 1. The van der Waals surface area contributed by atoms with Crippen molar-refractivity contribution >= 4 is 16.8 Å². The molecule has 24 heavy (non-hydrogen) atoms. The van der Waals surface area contributed by atoms with Crippen molar-refractivity contribution in [3.05, 3.63) is 71.3 Å². The molecule has 4 nitrogen and oxygen atoms in total. The molecule has 0 saturated heterocycles. The standard InChI is InChI=1S/C17H13F2N3OS/c18-13-6-7-15(19)14(10-13)16-21-22-17(24-16,11-23-9-8-20)12-4-2-1-3-5-12/h1-7,10,22H,9,11H2. The second-order valence-corrected chi connectivity index (χ2v) is 6.39. The summed E-state index contributed by atoms with van der Waals surface area (Å²) in [6, 6.07) is 14.5.